The van der Waals surface area contributed by atoms with E-state index in [0.29, 0.717) is 6.54 Å². The van der Waals surface area contributed by atoms with Crippen molar-refractivity contribution in [2.24, 2.45) is 0 Å². The normalized spacial score (nSPS) is 10.8. The average molecular weight is 247 g/mol. The number of H-pyrrole nitrogens is 1. The van der Waals surface area contributed by atoms with Gasteiger partial charge in [0.15, 0.2) is 6.29 Å². The van der Waals surface area contributed by atoms with Crippen molar-refractivity contribution in [2.75, 3.05) is 26.1 Å². The molecule has 0 aliphatic carbocycles. The number of ether oxygens (including phenoxy) is 2. The van der Waals surface area contributed by atoms with Crippen LogP contribution in [0.5, 0.6) is 0 Å². The lowest BCUT2D eigenvalue weighted by atomic mass is 10.1. The fourth-order valence-electron chi connectivity index (χ4n) is 1.68. The Kier molecular flexibility index (Phi) is 4.33. The maximum absolute atomic E-state index is 5.12. The van der Waals surface area contributed by atoms with Gasteiger partial charge in [0.25, 0.3) is 0 Å². The average Bonchev–Trinajstić information content (AvgIpc) is 2.94. The highest BCUT2D eigenvalue weighted by Gasteiger charge is 2.05. The molecule has 96 valence electrons. The van der Waals surface area contributed by atoms with Gasteiger partial charge in [-0.25, -0.2) is 0 Å². The molecule has 0 fully saturated rings. The second-order valence-electron chi connectivity index (χ2n) is 3.83. The summed E-state index contributed by atoms with van der Waals surface area (Å²) in [6.07, 6.45) is 1.49. The summed E-state index contributed by atoms with van der Waals surface area (Å²) in [5.41, 5.74) is 3.10. The van der Waals surface area contributed by atoms with Crippen LogP contribution in [-0.2, 0) is 9.47 Å². The Morgan fingerprint density at radius 3 is 2.78 bits per heavy atom. The van der Waals surface area contributed by atoms with E-state index in [-0.39, 0.29) is 6.29 Å². The molecule has 1 aromatic carbocycles. The van der Waals surface area contributed by atoms with Crippen LogP contribution in [0.4, 0.5) is 5.69 Å². The Morgan fingerprint density at radius 2 is 2.11 bits per heavy atom. The molecule has 0 saturated heterocycles. The lowest BCUT2D eigenvalue weighted by molar-refractivity contribution is -0.0914. The molecule has 0 radical (unpaired) electrons. The van der Waals surface area contributed by atoms with E-state index in [4.69, 9.17) is 9.47 Å². The number of nitrogens with one attached hydrogen (secondary N) is 2. The first-order valence-corrected chi connectivity index (χ1v) is 5.72. The van der Waals surface area contributed by atoms with E-state index in [0.717, 1.165) is 16.9 Å². The number of nitrogens with zero attached hydrogens (tertiary/aromatic N) is 1. The number of methoxy groups -OCH3 is 2. The number of rotatable bonds is 6. The molecule has 0 bridgehead atoms. The van der Waals surface area contributed by atoms with Crippen molar-refractivity contribution >= 4 is 5.69 Å². The molecule has 18 heavy (non-hydrogen) atoms. The third-order valence-electron chi connectivity index (χ3n) is 2.67. The molecule has 1 heterocycles. The number of hydrogen-bond donors (Lipinski definition) is 2. The molecule has 1 aromatic heterocycles. The van der Waals surface area contributed by atoms with Gasteiger partial charge in [0.2, 0.25) is 0 Å². The molecule has 2 rings (SSSR count). The molecule has 0 aliphatic rings. The van der Waals surface area contributed by atoms with Crippen molar-refractivity contribution in [3.63, 3.8) is 0 Å². The summed E-state index contributed by atoms with van der Waals surface area (Å²) in [7, 11) is 3.24. The predicted octanol–water partition coefficient (Wildman–Crippen LogP) is 2.11. The van der Waals surface area contributed by atoms with E-state index < -0.39 is 0 Å². The Balaban J connectivity index is 2.04. The molecule has 0 aliphatic heterocycles. The Bertz CT molecular complexity index is 467. The van der Waals surface area contributed by atoms with Crippen LogP contribution in [0.1, 0.15) is 0 Å². The summed E-state index contributed by atoms with van der Waals surface area (Å²) in [6.45, 7) is 0.597. The Morgan fingerprint density at radius 1 is 1.28 bits per heavy atom. The van der Waals surface area contributed by atoms with Crippen molar-refractivity contribution in [2.45, 2.75) is 6.29 Å². The topological polar surface area (TPSA) is 59.2 Å². The van der Waals surface area contributed by atoms with Crippen molar-refractivity contribution in [3.05, 3.63) is 36.5 Å². The monoisotopic (exact) mass is 247 g/mol. The molecule has 2 aromatic rings. The largest absolute Gasteiger partial charge is 0.380 e. The van der Waals surface area contributed by atoms with Crippen LogP contribution >= 0.6 is 0 Å². The van der Waals surface area contributed by atoms with Gasteiger partial charge in [-0.2, -0.15) is 5.10 Å². The highest BCUT2D eigenvalue weighted by molar-refractivity contribution is 5.64. The molecule has 0 spiro atoms. The van der Waals surface area contributed by atoms with Crippen LogP contribution in [0.25, 0.3) is 11.3 Å². The van der Waals surface area contributed by atoms with E-state index in [9.17, 15) is 0 Å². The smallest absolute Gasteiger partial charge is 0.173 e. The molecule has 0 saturated carbocycles. The van der Waals surface area contributed by atoms with E-state index in [1.807, 2.05) is 24.3 Å². The minimum atomic E-state index is -0.249. The first-order valence-electron chi connectivity index (χ1n) is 5.72. The Hall–Kier alpha value is -1.85. The Labute approximate surface area is 106 Å². The molecule has 0 amide bonds. The second kappa shape index (κ2) is 6.18. The molecule has 0 unspecified atom stereocenters. The van der Waals surface area contributed by atoms with Gasteiger partial charge in [-0.1, -0.05) is 12.1 Å². The molecular weight excluding hydrogens is 230 g/mol. The van der Waals surface area contributed by atoms with Crippen LogP contribution in [0.3, 0.4) is 0 Å². The molecule has 0 atom stereocenters. The fraction of sp³-hybridized carbons (Fsp3) is 0.308. The van der Waals surface area contributed by atoms with Gasteiger partial charge in [0, 0.05) is 31.7 Å². The number of benzene rings is 1. The van der Waals surface area contributed by atoms with Gasteiger partial charge in [-0.3, -0.25) is 5.10 Å². The lowest BCUT2D eigenvalue weighted by Gasteiger charge is -2.15. The zero-order valence-electron chi connectivity index (χ0n) is 10.5. The van der Waals surface area contributed by atoms with Crippen molar-refractivity contribution < 1.29 is 9.47 Å². The van der Waals surface area contributed by atoms with Crippen molar-refractivity contribution in [1.82, 2.24) is 10.2 Å². The quantitative estimate of drug-likeness (QED) is 0.767. The zero-order chi connectivity index (χ0) is 12.8. The van der Waals surface area contributed by atoms with Gasteiger partial charge in [0.1, 0.15) is 0 Å². The molecule has 2 N–H and O–H groups in total. The third-order valence-corrected chi connectivity index (χ3v) is 2.67. The summed E-state index contributed by atoms with van der Waals surface area (Å²) in [6, 6.07) is 10.0. The fourth-order valence-corrected chi connectivity index (χ4v) is 1.68. The summed E-state index contributed by atoms with van der Waals surface area (Å²) >= 11 is 0. The molecule has 5 heteroatoms. The van der Waals surface area contributed by atoms with Crippen LogP contribution in [0.15, 0.2) is 36.5 Å². The molecule has 5 nitrogen and oxygen atoms in total. The maximum Gasteiger partial charge on any atom is 0.173 e. The van der Waals surface area contributed by atoms with E-state index in [2.05, 4.69) is 21.6 Å². The third kappa shape index (κ3) is 3.09. The van der Waals surface area contributed by atoms with Gasteiger partial charge in [0.05, 0.1) is 12.2 Å². The minimum absolute atomic E-state index is 0.249. The predicted molar refractivity (Wildman–Crippen MR) is 70.3 cm³/mol. The van der Waals surface area contributed by atoms with Crippen LogP contribution in [-0.4, -0.2) is 37.3 Å². The molecular formula is C13H17N3O2. The van der Waals surface area contributed by atoms with E-state index in [1.54, 1.807) is 20.4 Å². The maximum atomic E-state index is 5.12. The van der Waals surface area contributed by atoms with Gasteiger partial charge in [-0.15, -0.1) is 0 Å². The number of hydrogen-bond acceptors (Lipinski definition) is 4. The lowest BCUT2D eigenvalue weighted by Crippen LogP contribution is -2.23. The minimum Gasteiger partial charge on any atom is -0.380 e. The summed E-state index contributed by atoms with van der Waals surface area (Å²) in [4.78, 5) is 0. The van der Waals surface area contributed by atoms with Gasteiger partial charge < -0.3 is 14.8 Å². The number of aromatic nitrogens is 2. The van der Waals surface area contributed by atoms with Crippen LogP contribution in [0.2, 0.25) is 0 Å². The van der Waals surface area contributed by atoms with Crippen molar-refractivity contribution in [1.29, 1.82) is 0 Å². The SMILES string of the molecule is COC(CNc1cccc(-c2ccn[nH]2)c1)OC. The standard InChI is InChI=1S/C13H17N3O2/c1-17-13(18-2)9-14-11-5-3-4-10(8-11)12-6-7-15-16-12/h3-8,13-14H,9H2,1-2H3,(H,15,16). The highest BCUT2D eigenvalue weighted by atomic mass is 16.7. The summed E-state index contributed by atoms with van der Waals surface area (Å²) in [5.74, 6) is 0. The highest BCUT2D eigenvalue weighted by Crippen LogP contribution is 2.20. The first-order chi connectivity index (χ1) is 8.83. The summed E-state index contributed by atoms with van der Waals surface area (Å²) in [5, 5.41) is 10.1. The zero-order valence-corrected chi connectivity index (χ0v) is 10.5. The van der Waals surface area contributed by atoms with Gasteiger partial charge >= 0.3 is 0 Å². The second-order valence-corrected chi connectivity index (χ2v) is 3.83. The first kappa shape index (κ1) is 12.6. The van der Waals surface area contributed by atoms with Crippen molar-refractivity contribution in [3.8, 4) is 11.3 Å². The van der Waals surface area contributed by atoms with E-state index >= 15 is 0 Å². The summed E-state index contributed by atoms with van der Waals surface area (Å²) < 4.78 is 10.2. The van der Waals surface area contributed by atoms with Crippen LogP contribution < -0.4 is 5.32 Å². The van der Waals surface area contributed by atoms with E-state index in [1.165, 1.54) is 0 Å². The van der Waals surface area contributed by atoms with Gasteiger partial charge in [-0.05, 0) is 18.2 Å². The van der Waals surface area contributed by atoms with Crippen LogP contribution in [0, 0.1) is 0 Å². The number of anilines is 1. The number of aromatic amines is 1.